The molecule has 0 atom stereocenters. The monoisotopic (exact) mass is 273 g/mol. The van der Waals surface area contributed by atoms with Crippen molar-refractivity contribution in [2.45, 2.75) is 31.3 Å². The van der Waals surface area contributed by atoms with Gasteiger partial charge in [-0.25, -0.2) is 0 Å². The summed E-state index contributed by atoms with van der Waals surface area (Å²) >= 11 is 0. The van der Waals surface area contributed by atoms with Crippen molar-refractivity contribution in [2.75, 3.05) is 13.6 Å². The maximum atomic E-state index is 12.4. The Labute approximate surface area is 117 Å². The van der Waals surface area contributed by atoms with Crippen LogP contribution in [-0.4, -0.2) is 45.3 Å². The number of benzene rings is 1. The van der Waals surface area contributed by atoms with Gasteiger partial charge < -0.3 is 10.0 Å². The Morgan fingerprint density at radius 1 is 1.45 bits per heavy atom. The second kappa shape index (κ2) is 4.90. The molecule has 5 heteroatoms. The van der Waals surface area contributed by atoms with E-state index in [-0.39, 0.29) is 5.91 Å². The summed E-state index contributed by atoms with van der Waals surface area (Å²) in [6, 6.07) is 5.49. The summed E-state index contributed by atoms with van der Waals surface area (Å²) in [5, 5.41) is 18.2. The lowest BCUT2D eigenvalue weighted by Gasteiger charge is -2.28. The summed E-state index contributed by atoms with van der Waals surface area (Å²) in [5.74, 6) is -0.0678. The molecule has 0 spiro atoms. The molecule has 2 aromatic rings. The molecule has 3 rings (SSSR count). The number of aromatic amines is 1. The molecule has 1 saturated carbocycles. The number of aliphatic hydroxyl groups is 1. The van der Waals surface area contributed by atoms with Crippen molar-refractivity contribution < 1.29 is 9.90 Å². The van der Waals surface area contributed by atoms with Crippen molar-refractivity contribution in [1.82, 2.24) is 15.1 Å². The molecule has 5 nitrogen and oxygen atoms in total. The normalized spacial score (nSPS) is 17.5. The Hall–Kier alpha value is -1.88. The maximum Gasteiger partial charge on any atom is 0.253 e. The number of rotatable bonds is 3. The Morgan fingerprint density at radius 2 is 2.20 bits per heavy atom. The van der Waals surface area contributed by atoms with Crippen LogP contribution >= 0.6 is 0 Å². The SMILES string of the molecule is CN(CC1(O)CCCC1)C(=O)c1ccc2cn[nH]c2c1. The third-order valence-electron chi connectivity index (χ3n) is 4.10. The van der Waals surface area contributed by atoms with Gasteiger partial charge in [0.2, 0.25) is 0 Å². The van der Waals surface area contributed by atoms with Gasteiger partial charge in [0, 0.05) is 24.5 Å². The number of carbonyl (C=O) groups is 1. The van der Waals surface area contributed by atoms with E-state index in [1.165, 1.54) is 0 Å². The van der Waals surface area contributed by atoms with Crippen LogP contribution in [0.15, 0.2) is 24.4 Å². The number of H-pyrrole nitrogens is 1. The summed E-state index contributed by atoms with van der Waals surface area (Å²) in [7, 11) is 1.75. The Kier molecular flexibility index (Phi) is 3.22. The number of nitrogens with zero attached hydrogens (tertiary/aromatic N) is 2. The van der Waals surface area contributed by atoms with E-state index >= 15 is 0 Å². The number of hydrogen-bond acceptors (Lipinski definition) is 3. The number of nitrogens with one attached hydrogen (secondary N) is 1. The predicted molar refractivity (Wildman–Crippen MR) is 76.5 cm³/mol. The quantitative estimate of drug-likeness (QED) is 0.898. The smallest absolute Gasteiger partial charge is 0.253 e. The summed E-state index contributed by atoms with van der Waals surface area (Å²) in [4.78, 5) is 14.0. The Morgan fingerprint density at radius 3 is 2.95 bits per heavy atom. The molecule has 1 aliphatic rings. The molecule has 2 N–H and O–H groups in total. The van der Waals surface area contributed by atoms with Crippen molar-refractivity contribution in [2.24, 2.45) is 0 Å². The molecule has 106 valence electrons. The molecule has 0 radical (unpaired) electrons. The molecule has 1 aliphatic carbocycles. The van der Waals surface area contributed by atoms with Gasteiger partial charge in [0.05, 0.1) is 17.3 Å². The van der Waals surface area contributed by atoms with E-state index in [4.69, 9.17) is 0 Å². The molecule has 1 fully saturated rings. The molecule has 0 aliphatic heterocycles. The van der Waals surface area contributed by atoms with Crippen LogP contribution in [0.25, 0.3) is 10.9 Å². The fourth-order valence-electron chi connectivity index (χ4n) is 2.99. The minimum absolute atomic E-state index is 0.0678. The van der Waals surface area contributed by atoms with Gasteiger partial charge in [-0.3, -0.25) is 9.89 Å². The number of aromatic nitrogens is 2. The second-order valence-corrected chi connectivity index (χ2v) is 5.76. The molecule has 1 aromatic carbocycles. The van der Waals surface area contributed by atoms with Gasteiger partial charge in [0.15, 0.2) is 0 Å². The molecule has 0 saturated heterocycles. The first-order valence-electron chi connectivity index (χ1n) is 6.98. The molecular formula is C15H19N3O2. The molecule has 0 bridgehead atoms. The Balaban J connectivity index is 1.76. The second-order valence-electron chi connectivity index (χ2n) is 5.76. The number of hydrogen-bond donors (Lipinski definition) is 2. The minimum Gasteiger partial charge on any atom is -0.388 e. The third-order valence-corrected chi connectivity index (χ3v) is 4.10. The summed E-state index contributed by atoms with van der Waals surface area (Å²) in [6.07, 6.45) is 5.38. The van der Waals surface area contributed by atoms with Crippen LogP contribution in [0.1, 0.15) is 36.0 Å². The third kappa shape index (κ3) is 2.41. The van der Waals surface area contributed by atoms with Gasteiger partial charge in [-0.05, 0) is 25.0 Å². The standard InChI is InChI=1S/C15H19N3O2/c1-18(10-15(20)6-2-3-7-15)14(19)11-4-5-12-9-16-17-13(12)8-11/h4-5,8-9,20H,2-3,6-7,10H2,1H3,(H,16,17). The number of carbonyl (C=O) groups excluding carboxylic acids is 1. The highest BCUT2D eigenvalue weighted by molar-refractivity contribution is 5.97. The molecule has 1 heterocycles. The molecule has 1 aromatic heterocycles. The van der Waals surface area contributed by atoms with Crippen molar-refractivity contribution in [3.05, 3.63) is 30.0 Å². The minimum atomic E-state index is -0.706. The molecule has 1 amide bonds. The lowest BCUT2D eigenvalue weighted by atomic mass is 10.0. The number of fused-ring (bicyclic) bond motifs is 1. The van der Waals surface area contributed by atoms with Crippen molar-refractivity contribution >= 4 is 16.8 Å². The maximum absolute atomic E-state index is 12.4. The number of amides is 1. The van der Waals surface area contributed by atoms with Gasteiger partial charge in [0.25, 0.3) is 5.91 Å². The average molecular weight is 273 g/mol. The topological polar surface area (TPSA) is 69.2 Å². The highest BCUT2D eigenvalue weighted by Gasteiger charge is 2.33. The molecular weight excluding hydrogens is 254 g/mol. The van der Waals surface area contributed by atoms with Crippen LogP contribution in [0, 0.1) is 0 Å². The zero-order chi connectivity index (χ0) is 14.2. The average Bonchev–Trinajstić information content (AvgIpc) is 3.05. The van der Waals surface area contributed by atoms with Crippen LogP contribution in [0.2, 0.25) is 0 Å². The zero-order valence-corrected chi connectivity index (χ0v) is 11.6. The van der Waals surface area contributed by atoms with E-state index < -0.39 is 5.60 Å². The highest BCUT2D eigenvalue weighted by atomic mass is 16.3. The highest BCUT2D eigenvalue weighted by Crippen LogP contribution is 2.30. The summed E-state index contributed by atoms with van der Waals surface area (Å²) < 4.78 is 0. The van der Waals surface area contributed by atoms with Crippen LogP contribution in [0.5, 0.6) is 0 Å². The predicted octanol–water partition coefficient (Wildman–Crippen LogP) is 1.94. The first-order valence-corrected chi connectivity index (χ1v) is 6.98. The van der Waals surface area contributed by atoms with E-state index in [0.717, 1.165) is 36.6 Å². The van der Waals surface area contributed by atoms with Crippen LogP contribution < -0.4 is 0 Å². The van der Waals surface area contributed by atoms with Gasteiger partial charge in [-0.2, -0.15) is 5.10 Å². The largest absolute Gasteiger partial charge is 0.388 e. The lowest BCUT2D eigenvalue weighted by Crippen LogP contribution is -2.42. The van der Waals surface area contributed by atoms with E-state index in [1.54, 1.807) is 30.3 Å². The van der Waals surface area contributed by atoms with E-state index in [1.807, 2.05) is 6.07 Å². The van der Waals surface area contributed by atoms with Crippen molar-refractivity contribution in [3.8, 4) is 0 Å². The van der Waals surface area contributed by atoms with Gasteiger partial charge in [0.1, 0.15) is 0 Å². The lowest BCUT2D eigenvalue weighted by molar-refractivity contribution is 0.0157. The van der Waals surface area contributed by atoms with Crippen molar-refractivity contribution in [3.63, 3.8) is 0 Å². The van der Waals surface area contributed by atoms with Crippen LogP contribution in [0.4, 0.5) is 0 Å². The summed E-state index contributed by atoms with van der Waals surface area (Å²) in [5.41, 5.74) is 0.761. The fraction of sp³-hybridized carbons (Fsp3) is 0.467. The zero-order valence-electron chi connectivity index (χ0n) is 11.6. The van der Waals surface area contributed by atoms with Gasteiger partial charge in [-0.15, -0.1) is 0 Å². The van der Waals surface area contributed by atoms with E-state index in [2.05, 4.69) is 10.2 Å². The Bertz CT molecular complexity index is 629. The first kappa shape index (κ1) is 13.1. The number of likely N-dealkylation sites (N-methyl/N-ethyl adjacent to an activating group) is 1. The van der Waals surface area contributed by atoms with Crippen molar-refractivity contribution in [1.29, 1.82) is 0 Å². The fourth-order valence-corrected chi connectivity index (χ4v) is 2.99. The van der Waals surface area contributed by atoms with Gasteiger partial charge in [-0.1, -0.05) is 18.9 Å². The van der Waals surface area contributed by atoms with Gasteiger partial charge >= 0.3 is 0 Å². The first-order chi connectivity index (χ1) is 9.57. The van der Waals surface area contributed by atoms with E-state index in [0.29, 0.717) is 12.1 Å². The molecule has 0 unspecified atom stereocenters. The summed E-state index contributed by atoms with van der Waals surface area (Å²) in [6.45, 7) is 0.396. The van der Waals surface area contributed by atoms with Crippen LogP contribution in [0.3, 0.4) is 0 Å². The van der Waals surface area contributed by atoms with E-state index in [9.17, 15) is 9.90 Å². The van der Waals surface area contributed by atoms with Crippen LogP contribution in [-0.2, 0) is 0 Å². The molecule has 20 heavy (non-hydrogen) atoms.